The molecule has 0 bridgehead atoms. The number of benzene rings is 7. The average Bonchev–Trinajstić information content (AvgIpc) is 1.68. The van der Waals surface area contributed by atoms with Crippen LogP contribution in [0.25, 0.3) is 27.2 Å². The summed E-state index contributed by atoms with van der Waals surface area (Å²) in [4.78, 5) is 109. The highest BCUT2D eigenvalue weighted by molar-refractivity contribution is 6.47. The highest BCUT2D eigenvalue weighted by atomic mass is 35.5. The lowest BCUT2D eigenvalue weighted by Crippen LogP contribution is -2.55. The van der Waals surface area contributed by atoms with E-state index in [0.29, 0.717) is 65.2 Å². The topological polar surface area (TPSA) is 153 Å². The van der Waals surface area contributed by atoms with Crippen LogP contribution in [-0.4, -0.2) is 69.8 Å². The van der Waals surface area contributed by atoms with E-state index in [1.54, 1.807) is 0 Å². The SMILES string of the molecule is Cc1ccc(C(c2ccc(N3C(=O)c4ccc(C(c5ccc6c(c5)C(=O)N(c5ccc(C(c7ccc(-n8c(=O)c9c(Cl)c%10c(=O)n(C)c(=O)c%10c(Cl)c9c8=O)cc7)(C(F)(F)F)C(F)(F)F)cc5)C6=O)(C(F)(F)F)C(F)(F)F)cc4C3=O)cc2)(C(F)(F)F)C(F)(F)F)cc1. The van der Waals surface area contributed by atoms with E-state index in [1.807, 2.05) is 0 Å². The van der Waals surface area contributed by atoms with Gasteiger partial charge in [0, 0.05) is 7.05 Å². The molecule has 4 heterocycles. The summed E-state index contributed by atoms with van der Waals surface area (Å²) in [5, 5.41) is -4.08. The second kappa shape index (κ2) is 20.7. The summed E-state index contributed by atoms with van der Waals surface area (Å²) >= 11 is 12.7. The van der Waals surface area contributed by atoms with Crippen LogP contribution in [0.15, 0.2) is 153 Å². The molecule has 0 radical (unpaired) electrons. The summed E-state index contributed by atoms with van der Waals surface area (Å²) < 4.78 is 276. The second-order valence-corrected chi connectivity index (χ2v) is 22.2. The van der Waals surface area contributed by atoms with E-state index in [2.05, 4.69) is 0 Å². The molecule has 93 heavy (non-hydrogen) atoms. The lowest BCUT2D eigenvalue weighted by molar-refractivity contribution is -0.290. The van der Waals surface area contributed by atoms with Crippen molar-refractivity contribution < 1.29 is 98.2 Å². The molecule has 2 aromatic heterocycles. The quantitative estimate of drug-likeness (QED) is 0.102. The predicted octanol–water partition coefficient (Wildman–Crippen LogP) is 13.9. The maximum absolute atomic E-state index is 15.7. The Morgan fingerprint density at radius 1 is 0.301 bits per heavy atom. The average molecular weight is 1360 g/mol. The number of halogens is 20. The first-order chi connectivity index (χ1) is 43.0. The van der Waals surface area contributed by atoms with Crippen molar-refractivity contribution in [1.29, 1.82) is 0 Å². The minimum absolute atomic E-state index is 0.0203. The Morgan fingerprint density at radius 3 is 0.828 bits per heavy atom. The molecule has 0 saturated heterocycles. The molecule has 32 heteroatoms. The lowest BCUT2D eigenvalue weighted by atomic mass is 9.71. The minimum Gasteiger partial charge on any atom is -0.277 e. The van der Waals surface area contributed by atoms with E-state index < -0.39 is 203 Å². The maximum atomic E-state index is 15.7. The van der Waals surface area contributed by atoms with Crippen LogP contribution in [0.3, 0.4) is 0 Å². The summed E-state index contributed by atoms with van der Waals surface area (Å²) in [7, 11) is 1.03. The second-order valence-electron chi connectivity index (χ2n) is 21.4. The fourth-order valence-electron chi connectivity index (χ4n) is 12.2. The molecule has 0 unspecified atom stereocenters. The number of imide groups is 2. The number of fused-ring (bicyclic) bond motifs is 4. The fourth-order valence-corrected chi connectivity index (χ4v) is 12.9. The van der Waals surface area contributed by atoms with E-state index in [1.165, 1.54) is 6.92 Å². The van der Waals surface area contributed by atoms with E-state index in [4.69, 9.17) is 23.2 Å². The fraction of sp³-hybridized carbons (Fsp3) is 0.180. The van der Waals surface area contributed by atoms with Gasteiger partial charge in [-0.25, -0.2) is 14.4 Å². The van der Waals surface area contributed by atoms with Gasteiger partial charge in [-0.15, -0.1) is 0 Å². The van der Waals surface area contributed by atoms with Crippen molar-refractivity contribution in [3.63, 3.8) is 0 Å². The third-order valence-electron chi connectivity index (χ3n) is 16.6. The van der Waals surface area contributed by atoms with Gasteiger partial charge < -0.3 is 0 Å². The first-order valence-corrected chi connectivity index (χ1v) is 26.8. The molecule has 2 aliphatic heterocycles. The summed E-state index contributed by atoms with van der Waals surface area (Å²) in [6.45, 7) is 1.37. The molecule has 480 valence electrons. The van der Waals surface area contributed by atoms with Crippen LogP contribution in [0.5, 0.6) is 0 Å². The van der Waals surface area contributed by atoms with Crippen LogP contribution >= 0.6 is 23.2 Å². The van der Waals surface area contributed by atoms with E-state index in [9.17, 15) is 64.7 Å². The van der Waals surface area contributed by atoms with Gasteiger partial charge >= 0.3 is 37.1 Å². The van der Waals surface area contributed by atoms with Crippen LogP contribution < -0.4 is 32.0 Å². The summed E-state index contributed by atoms with van der Waals surface area (Å²) in [6, 6.07) is 7.43. The zero-order valence-electron chi connectivity index (χ0n) is 45.8. The number of rotatable bonds is 9. The van der Waals surface area contributed by atoms with E-state index in [0.717, 1.165) is 19.2 Å². The number of hydrogen-bond donors (Lipinski definition) is 0. The highest BCUT2D eigenvalue weighted by Gasteiger charge is 2.75. The molecule has 11 rings (SSSR count). The van der Waals surface area contributed by atoms with Gasteiger partial charge in [-0.3, -0.25) is 42.9 Å². The molecule has 12 nitrogen and oxygen atoms in total. The summed E-state index contributed by atoms with van der Waals surface area (Å²) in [6.07, 6.45) is -38.2. The van der Waals surface area contributed by atoms with Gasteiger partial charge in [0.25, 0.3) is 45.9 Å². The van der Waals surface area contributed by atoms with Gasteiger partial charge in [-0.05, 0) is 101 Å². The number of amides is 4. The number of hydrogen-bond acceptors (Lipinski definition) is 8. The van der Waals surface area contributed by atoms with Gasteiger partial charge in [0.2, 0.25) is 16.2 Å². The molecule has 0 saturated carbocycles. The molecule has 0 atom stereocenters. The largest absolute Gasteiger partial charge is 0.411 e. The van der Waals surface area contributed by atoms with Crippen LogP contribution in [0.4, 0.5) is 90.4 Å². The first kappa shape index (κ1) is 64.9. The number of carbonyl (C=O) groups is 4. The third-order valence-corrected chi connectivity index (χ3v) is 17.4. The van der Waals surface area contributed by atoms with Crippen molar-refractivity contribution in [3.05, 3.63) is 246 Å². The number of anilines is 2. The van der Waals surface area contributed by atoms with Crippen molar-refractivity contribution >= 4 is 79.8 Å². The molecule has 2 aliphatic rings. The Labute approximate surface area is 514 Å². The monoisotopic (exact) mass is 1360 g/mol. The van der Waals surface area contributed by atoms with Gasteiger partial charge in [0.15, 0.2) is 0 Å². The lowest BCUT2D eigenvalue weighted by Gasteiger charge is -2.38. The van der Waals surface area contributed by atoms with Gasteiger partial charge in [0.05, 0.1) is 70.9 Å². The number of aromatic nitrogens is 2. The molecular weight excluding hydrogens is 1330 g/mol. The normalized spacial score (nSPS) is 14.8. The van der Waals surface area contributed by atoms with Crippen LogP contribution in [-0.2, 0) is 23.3 Å². The molecule has 9 aromatic rings. The Kier molecular flexibility index (Phi) is 14.5. The Bertz CT molecular complexity index is 4820. The van der Waals surface area contributed by atoms with Gasteiger partial charge in [-0.2, -0.15) is 79.0 Å². The third kappa shape index (κ3) is 8.78. The van der Waals surface area contributed by atoms with Crippen LogP contribution in [0.1, 0.15) is 80.4 Å². The highest BCUT2D eigenvalue weighted by Crippen LogP contribution is 2.60. The van der Waals surface area contributed by atoms with Crippen molar-refractivity contribution in [2.24, 2.45) is 7.05 Å². The molecule has 4 amide bonds. The minimum atomic E-state index is -6.58. The van der Waals surface area contributed by atoms with Crippen LogP contribution in [0, 0.1) is 6.92 Å². The molecule has 0 fully saturated rings. The molecule has 0 spiro atoms. The zero-order valence-corrected chi connectivity index (χ0v) is 47.3. The molecule has 7 aromatic carbocycles. The number of carbonyl (C=O) groups excluding carboxylic acids is 4. The van der Waals surface area contributed by atoms with Crippen molar-refractivity contribution in [3.8, 4) is 5.69 Å². The van der Waals surface area contributed by atoms with Gasteiger partial charge in [0.1, 0.15) is 0 Å². The molecule has 0 N–H and O–H groups in total. The Morgan fingerprint density at radius 2 is 0.538 bits per heavy atom. The Balaban J connectivity index is 0.931. The van der Waals surface area contributed by atoms with Crippen LogP contribution in [0.2, 0.25) is 10.0 Å². The molecule has 0 aliphatic carbocycles. The smallest absolute Gasteiger partial charge is 0.277 e. The molecular formula is C61H28Cl2F18N4O8. The number of alkyl halides is 18. The summed E-state index contributed by atoms with van der Waals surface area (Å²) in [5.41, 5.74) is -36.5. The van der Waals surface area contributed by atoms with E-state index >= 15 is 52.7 Å². The summed E-state index contributed by atoms with van der Waals surface area (Å²) in [5.74, 6) is -6.64. The van der Waals surface area contributed by atoms with Crippen molar-refractivity contribution in [1.82, 2.24) is 9.13 Å². The van der Waals surface area contributed by atoms with E-state index in [-0.39, 0.29) is 80.6 Å². The van der Waals surface area contributed by atoms with Crippen molar-refractivity contribution in [2.45, 2.75) is 60.2 Å². The first-order valence-electron chi connectivity index (χ1n) is 26.1. The standard InChI is InChI=1S/C61H28Cl2F18N4O8/c1-25-3-5-26(6-4-25)53(56(64,65)66,57(67,68)69)27-7-15-32(16-8-27)83-45(86)35-21-13-30(23-37(35)47(83)88)55(60(76,77)78,61(79,80)81)31-14-22-36-38(24-31)48(89)84(46(36)87)33-17-9-28(10-18-33)54(58(70,71)72,59(73,74)75)29-11-19-34(20-12-29)85-51(92)41-42(52(85)93)44(63)40-39(43(41)62)49(90)82(2)50(40)91/h3-24H,1-2H3. The number of aryl methyl sites for hydroxylation is 1. The number of nitrogens with zero attached hydrogens (tertiary/aromatic N) is 4. The van der Waals surface area contributed by atoms with Gasteiger partial charge in [-0.1, -0.05) is 102 Å². The van der Waals surface area contributed by atoms with Crippen molar-refractivity contribution in [2.75, 3.05) is 9.80 Å². The maximum Gasteiger partial charge on any atom is 0.411 e. The Hall–Kier alpha value is -9.58. The predicted molar refractivity (Wildman–Crippen MR) is 295 cm³/mol. The zero-order chi connectivity index (χ0) is 68.5.